The van der Waals surface area contributed by atoms with Crippen molar-refractivity contribution >= 4 is 5.91 Å². The lowest BCUT2D eigenvalue weighted by molar-refractivity contribution is -0.121. The van der Waals surface area contributed by atoms with E-state index >= 15 is 0 Å². The van der Waals surface area contributed by atoms with Crippen LogP contribution >= 0.6 is 0 Å². The van der Waals surface area contributed by atoms with Gasteiger partial charge in [0.25, 0.3) is 0 Å². The molecule has 0 aromatic carbocycles. The summed E-state index contributed by atoms with van der Waals surface area (Å²) in [5.74, 6) is 0.793. The van der Waals surface area contributed by atoms with E-state index in [2.05, 4.69) is 19.2 Å². The van der Waals surface area contributed by atoms with Crippen LogP contribution < -0.4 is 5.32 Å². The van der Waals surface area contributed by atoms with Gasteiger partial charge in [0.1, 0.15) is 0 Å². The first-order valence-electron chi connectivity index (χ1n) is 8.56. The fraction of sp³-hybridized carbons (Fsp3) is 0.941. The molecule has 0 aliphatic rings. The largest absolute Gasteiger partial charge is 0.379 e. The van der Waals surface area contributed by atoms with Crippen molar-refractivity contribution in [2.24, 2.45) is 5.92 Å². The standard InChI is InChI=1S/C17H35NO4/c1-15(2)7-5-10-20-13-14-21-12-9-18-17(19)8-6-11-22-16(3)4/h15-16H,5-14H2,1-4H3,(H,18,19). The molecule has 0 saturated heterocycles. The van der Waals surface area contributed by atoms with Gasteiger partial charge in [-0.15, -0.1) is 0 Å². The van der Waals surface area contributed by atoms with Crippen molar-refractivity contribution in [2.75, 3.05) is 39.6 Å². The summed E-state index contributed by atoms with van der Waals surface area (Å²) in [5, 5.41) is 2.83. The molecule has 5 heteroatoms. The van der Waals surface area contributed by atoms with Crippen LogP contribution in [0.1, 0.15) is 53.4 Å². The maximum atomic E-state index is 11.5. The van der Waals surface area contributed by atoms with E-state index in [9.17, 15) is 4.79 Å². The van der Waals surface area contributed by atoms with Gasteiger partial charge >= 0.3 is 0 Å². The van der Waals surface area contributed by atoms with Crippen LogP contribution in [0, 0.1) is 5.92 Å². The minimum atomic E-state index is 0.0564. The molecule has 0 rings (SSSR count). The lowest BCUT2D eigenvalue weighted by Crippen LogP contribution is -2.27. The third-order valence-corrected chi connectivity index (χ3v) is 3.01. The third-order valence-electron chi connectivity index (χ3n) is 3.01. The Kier molecular flexibility index (Phi) is 14.8. The molecule has 0 fully saturated rings. The molecule has 0 unspecified atom stereocenters. The van der Waals surface area contributed by atoms with Crippen LogP contribution in [-0.2, 0) is 19.0 Å². The SMILES string of the molecule is CC(C)CCCOCCOCCNC(=O)CCCOC(C)C. The zero-order valence-corrected chi connectivity index (χ0v) is 14.9. The summed E-state index contributed by atoms with van der Waals surface area (Å²) < 4.78 is 16.3. The van der Waals surface area contributed by atoms with E-state index in [0.29, 0.717) is 39.4 Å². The fourth-order valence-corrected chi connectivity index (χ4v) is 1.82. The molecule has 1 amide bonds. The molecule has 0 aromatic heterocycles. The van der Waals surface area contributed by atoms with Crippen molar-refractivity contribution in [1.29, 1.82) is 0 Å². The maximum absolute atomic E-state index is 11.5. The Hall–Kier alpha value is -0.650. The summed E-state index contributed by atoms with van der Waals surface area (Å²) in [6.45, 7) is 12.1. The second-order valence-corrected chi connectivity index (χ2v) is 6.13. The van der Waals surface area contributed by atoms with Crippen molar-refractivity contribution in [3.8, 4) is 0 Å². The Morgan fingerprint density at radius 1 is 0.909 bits per heavy atom. The number of hydrogen-bond donors (Lipinski definition) is 1. The molecule has 1 N–H and O–H groups in total. The van der Waals surface area contributed by atoms with E-state index in [1.807, 2.05) is 13.8 Å². The van der Waals surface area contributed by atoms with Gasteiger partial charge in [-0.1, -0.05) is 13.8 Å². The lowest BCUT2D eigenvalue weighted by Gasteiger charge is -2.09. The highest BCUT2D eigenvalue weighted by atomic mass is 16.5. The number of rotatable bonds is 15. The first-order chi connectivity index (χ1) is 10.5. The summed E-state index contributed by atoms with van der Waals surface area (Å²) in [6, 6.07) is 0. The molecular weight excluding hydrogens is 282 g/mol. The average Bonchev–Trinajstić information content (AvgIpc) is 2.45. The molecule has 0 bridgehead atoms. The zero-order chi connectivity index (χ0) is 16.6. The molecule has 0 aliphatic heterocycles. The van der Waals surface area contributed by atoms with Crippen molar-refractivity contribution in [2.45, 2.75) is 59.5 Å². The highest BCUT2D eigenvalue weighted by molar-refractivity contribution is 5.75. The van der Waals surface area contributed by atoms with E-state index in [1.165, 1.54) is 6.42 Å². The van der Waals surface area contributed by atoms with Crippen molar-refractivity contribution in [1.82, 2.24) is 5.32 Å². The summed E-state index contributed by atoms with van der Waals surface area (Å²) in [4.78, 5) is 11.5. The lowest BCUT2D eigenvalue weighted by atomic mass is 10.1. The first kappa shape index (κ1) is 21.4. The monoisotopic (exact) mass is 317 g/mol. The van der Waals surface area contributed by atoms with Gasteiger partial charge in [0.15, 0.2) is 0 Å². The van der Waals surface area contributed by atoms with Crippen molar-refractivity contribution < 1.29 is 19.0 Å². The van der Waals surface area contributed by atoms with E-state index in [1.54, 1.807) is 0 Å². The molecule has 5 nitrogen and oxygen atoms in total. The Morgan fingerprint density at radius 2 is 1.59 bits per heavy atom. The normalized spacial score (nSPS) is 11.4. The van der Waals surface area contributed by atoms with Gasteiger partial charge in [0, 0.05) is 26.2 Å². The summed E-state index contributed by atoms with van der Waals surface area (Å²) in [7, 11) is 0. The van der Waals surface area contributed by atoms with Crippen molar-refractivity contribution in [3.63, 3.8) is 0 Å². The molecule has 0 spiro atoms. The second-order valence-electron chi connectivity index (χ2n) is 6.13. The molecule has 0 radical (unpaired) electrons. The van der Waals surface area contributed by atoms with Gasteiger partial charge in [-0.25, -0.2) is 0 Å². The van der Waals surface area contributed by atoms with E-state index in [4.69, 9.17) is 14.2 Å². The highest BCUT2D eigenvalue weighted by Crippen LogP contribution is 2.02. The summed E-state index contributed by atoms with van der Waals surface area (Å²) in [6.07, 6.45) is 3.80. The van der Waals surface area contributed by atoms with Gasteiger partial charge in [0.05, 0.1) is 25.9 Å². The van der Waals surface area contributed by atoms with Crippen LogP contribution in [0.3, 0.4) is 0 Å². The number of amides is 1. The fourth-order valence-electron chi connectivity index (χ4n) is 1.82. The maximum Gasteiger partial charge on any atom is 0.220 e. The Bertz CT molecular complexity index is 257. The number of hydrogen-bond acceptors (Lipinski definition) is 4. The molecule has 132 valence electrons. The van der Waals surface area contributed by atoms with E-state index < -0.39 is 0 Å². The minimum absolute atomic E-state index is 0.0564. The van der Waals surface area contributed by atoms with Gasteiger partial charge < -0.3 is 19.5 Å². The Labute approximate surface area is 136 Å². The molecule has 22 heavy (non-hydrogen) atoms. The number of ether oxygens (including phenoxy) is 3. The molecule has 0 aliphatic carbocycles. The molecule has 0 heterocycles. The van der Waals surface area contributed by atoms with Gasteiger partial charge in [-0.2, -0.15) is 0 Å². The van der Waals surface area contributed by atoms with Gasteiger partial charge in [-0.3, -0.25) is 4.79 Å². The van der Waals surface area contributed by atoms with Crippen LogP contribution in [0.5, 0.6) is 0 Å². The predicted molar refractivity (Wildman–Crippen MR) is 89.0 cm³/mol. The number of nitrogens with one attached hydrogen (secondary N) is 1. The average molecular weight is 317 g/mol. The zero-order valence-electron chi connectivity index (χ0n) is 14.9. The van der Waals surface area contributed by atoms with E-state index in [-0.39, 0.29) is 12.0 Å². The third kappa shape index (κ3) is 17.4. The molecule has 0 saturated carbocycles. The topological polar surface area (TPSA) is 56.8 Å². The summed E-state index contributed by atoms with van der Waals surface area (Å²) >= 11 is 0. The second kappa shape index (κ2) is 15.3. The van der Waals surface area contributed by atoms with Crippen LogP contribution in [0.15, 0.2) is 0 Å². The van der Waals surface area contributed by atoms with E-state index in [0.717, 1.165) is 25.4 Å². The van der Waals surface area contributed by atoms with Gasteiger partial charge in [0.2, 0.25) is 5.91 Å². The Balaban J connectivity index is 3.17. The molecule has 0 aromatic rings. The Morgan fingerprint density at radius 3 is 2.23 bits per heavy atom. The number of carbonyl (C=O) groups excluding carboxylic acids is 1. The van der Waals surface area contributed by atoms with Crippen LogP contribution in [0.4, 0.5) is 0 Å². The quantitative estimate of drug-likeness (QED) is 0.472. The molecule has 0 atom stereocenters. The smallest absolute Gasteiger partial charge is 0.220 e. The first-order valence-corrected chi connectivity index (χ1v) is 8.56. The highest BCUT2D eigenvalue weighted by Gasteiger charge is 2.01. The van der Waals surface area contributed by atoms with Gasteiger partial charge in [-0.05, 0) is 39.0 Å². The van der Waals surface area contributed by atoms with Crippen LogP contribution in [-0.4, -0.2) is 51.6 Å². The predicted octanol–water partition coefficient (Wildman–Crippen LogP) is 2.78. The minimum Gasteiger partial charge on any atom is -0.379 e. The van der Waals surface area contributed by atoms with Crippen LogP contribution in [0.2, 0.25) is 0 Å². The molecular formula is C17H35NO4. The van der Waals surface area contributed by atoms with Crippen LogP contribution in [0.25, 0.3) is 0 Å². The number of carbonyl (C=O) groups is 1. The summed E-state index contributed by atoms with van der Waals surface area (Å²) in [5.41, 5.74) is 0. The van der Waals surface area contributed by atoms with Crippen molar-refractivity contribution in [3.05, 3.63) is 0 Å².